The Hall–Kier alpha value is -2.19. The highest BCUT2D eigenvalue weighted by molar-refractivity contribution is 7.89. The number of aromatic amines is 1. The van der Waals surface area contributed by atoms with Crippen LogP contribution in [0.2, 0.25) is 0 Å². The summed E-state index contributed by atoms with van der Waals surface area (Å²) in [4.78, 5) is 26.5. The first kappa shape index (κ1) is 20.5. The second-order valence-corrected chi connectivity index (χ2v) is 9.49. The first-order valence-corrected chi connectivity index (χ1v) is 11.2. The minimum absolute atomic E-state index is 0.0910. The normalized spacial score (nSPS) is 16.6. The first-order chi connectivity index (χ1) is 13.4. The molecule has 1 aromatic heterocycles. The van der Waals surface area contributed by atoms with E-state index < -0.39 is 10.0 Å². The Balaban J connectivity index is 1.68. The molecule has 3 rings (SSSR count). The molecule has 28 heavy (non-hydrogen) atoms. The predicted octanol–water partition coefficient (Wildman–Crippen LogP) is 2.38. The smallest absolute Gasteiger partial charge is 0.248 e. The molecule has 0 saturated heterocycles. The second-order valence-electron chi connectivity index (χ2n) is 7.44. The van der Waals surface area contributed by atoms with Crippen molar-refractivity contribution in [3.63, 3.8) is 0 Å². The van der Waals surface area contributed by atoms with Crippen LogP contribution in [0.15, 0.2) is 40.0 Å². The van der Waals surface area contributed by atoms with Gasteiger partial charge in [-0.05, 0) is 42.5 Å². The van der Waals surface area contributed by atoms with Crippen LogP contribution in [0, 0.1) is 0 Å². The molecule has 0 radical (unpaired) electrons. The Labute approximate surface area is 165 Å². The molecule has 7 nitrogen and oxygen atoms in total. The molecule has 0 aliphatic heterocycles. The number of likely N-dealkylation sites (N-methyl/N-ethyl adjacent to an activating group) is 1. The summed E-state index contributed by atoms with van der Waals surface area (Å²) in [7, 11) is -2.40. The lowest BCUT2D eigenvalue weighted by molar-refractivity contribution is -0.121. The van der Waals surface area contributed by atoms with Gasteiger partial charge in [0.15, 0.2) is 0 Å². The minimum Gasteiger partial charge on any atom is -0.352 e. The molecule has 152 valence electrons. The molecule has 0 unspecified atom stereocenters. The molecule has 2 N–H and O–H groups in total. The summed E-state index contributed by atoms with van der Waals surface area (Å²) in [6, 6.07) is 7.56. The maximum atomic E-state index is 12.8. The molecule has 0 atom stereocenters. The van der Waals surface area contributed by atoms with Crippen LogP contribution in [0.5, 0.6) is 0 Å². The standard InChI is InChI=1S/C20H27N3O4S/c1-23(14-20(25)21-16-7-5-3-2-4-6-8-16)28(26,27)17-10-11-18-15(13-17)9-12-19(24)22-18/h9-13,16H,2-8,14H2,1H3,(H,21,25)(H,22,24). The summed E-state index contributed by atoms with van der Waals surface area (Å²) in [6.07, 6.45) is 7.72. The van der Waals surface area contributed by atoms with Crippen LogP contribution in [0.3, 0.4) is 0 Å². The third kappa shape index (κ3) is 4.99. The molecular formula is C20H27N3O4S. The number of carbonyl (C=O) groups is 1. The van der Waals surface area contributed by atoms with E-state index in [9.17, 15) is 18.0 Å². The van der Waals surface area contributed by atoms with Gasteiger partial charge in [0.1, 0.15) is 0 Å². The molecule has 1 saturated carbocycles. The third-order valence-corrected chi connectivity index (χ3v) is 7.04. The molecule has 1 heterocycles. The number of amides is 1. The number of fused-ring (bicyclic) bond motifs is 1. The molecule has 8 heteroatoms. The van der Waals surface area contributed by atoms with Gasteiger partial charge in [0.05, 0.1) is 11.4 Å². The third-order valence-electron chi connectivity index (χ3n) is 5.24. The van der Waals surface area contributed by atoms with E-state index in [-0.39, 0.29) is 28.9 Å². The Bertz CT molecular complexity index is 992. The monoisotopic (exact) mass is 405 g/mol. The highest BCUT2D eigenvalue weighted by Crippen LogP contribution is 2.20. The molecule has 1 aliphatic carbocycles. The van der Waals surface area contributed by atoms with Gasteiger partial charge in [-0.3, -0.25) is 9.59 Å². The van der Waals surface area contributed by atoms with Crippen LogP contribution >= 0.6 is 0 Å². The SMILES string of the molecule is CN(CC(=O)NC1CCCCCCC1)S(=O)(=O)c1ccc2[nH]c(=O)ccc2c1. The Morgan fingerprint density at radius 1 is 1.11 bits per heavy atom. The zero-order valence-corrected chi connectivity index (χ0v) is 16.9. The highest BCUT2D eigenvalue weighted by Gasteiger charge is 2.24. The van der Waals surface area contributed by atoms with Gasteiger partial charge in [0.2, 0.25) is 21.5 Å². The molecule has 1 fully saturated rings. The van der Waals surface area contributed by atoms with Gasteiger partial charge in [-0.25, -0.2) is 8.42 Å². The molecule has 1 aliphatic rings. The zero-order chi connectivity index (χ0) is 20.1. The van der Waals surface area contributed by atoms with Crippen LogP contribution in [-0.2, 0) is 14.8 Å². The number of sulfonamides is 1. The van der Waals surface area contributed by atoms with Crippen LogP contribution in [0.4, 0.5) is 0 Å². The van der Waals surface area contributed by atoms with Gasteiger partial charge in [-0.2, -0.15) is 4.31 Å². The van der Waals surface area contributed by atoms with Crippen LogP contribution < -0.4 is 10.9 Å². The van der Waals surface area contributed by atoms with Crippen molar-refractivity contribution in [1.29, 1.82) is 0 Å². The first-order valence-electron chi connectivity index (χ1n) is 9.75. The molecule has 1 aromatic carbocycles. The second kappa shape index (κ2) is 8.87. The summed E-state index contributed by atoms with van der Waals surface area (Å²) in [5, 5.41) is 3.61. The topological polar surface area (TPSA) is 99.3 Å². The summed E-state index contributed by atoms with van der Waals surface area (Å²) >= 11 is 0. The van der Waals surface area contributed by atoms with Crippen molar-refractivity contribution < 1.29 is 13.2 Å². The lowest BCUT2D eigenvalue weighted by Crippen LogP contribution is -2.42. The predicted molar refractivity (Wildman–Crippen MR) is 109 cm³/mol. The average molecular weight is 406 g/mol. The maximum Gasteiger partial charge on any atom is 0.248 e. The van der Waals surface area contributed by atoms with Crippen molar-refractivity contribution in [3.05, 3.63) is 40.7 Å². The minimum atomic E-state index is -3.81. The molecule has 0 bridgehead atoms. The van der Waals surface area contributed by atoms with Gasteiger partial charge in [-0.1, -0.05) is 32.1 Å². The lowest BCUT2D eigenvalue weighted by Gasteiger charge is -2.23. The Morgan fingerprint density at radius 2 is 1.79 bits per heavy atom. The summed E-state index contributed by atoms with van der Waals surface area (Å²) in [6.45, 7) is -0.220. The van der Waals surface area contributed by atoms with E-state index in [1.54, 1.807) is 12.1 Å². The van der Waals surface area contributed by atoms with Gasteiger partial charge >= 0.3 is 0 Å². The number of pyridine rings is 1. The van der Waals surface area contributed by atoms with E-state index in [1.807, 2.05) is 0 Å². The molecule has 1 amide bonds. The molecule has 2 aromatic rings. The Kier molecular flexibility index (Phi) is 6.51. The van der Waals surface area contributed by atoms with Crippen molar-refractivity contribution in [2.24, 2.45) is 0 Å². The van der Waals surface area contributed by atoms with Crippen molar-refractivity contribution in [2.45, 2.75) is 55.9 Å². The zero-order valence-electron chi connectivity index (χ0n) is 16.1. The summed E-state index contributed by atoms with van der Waals surface area (Å²) in [5.41, 5.74) is 0.322. The largest absolute Gasteiger partial charge is 0.352 e. The number of hydrogen-bond donors (Lipinski definition) is 2. The summed E-state index contributed by atoms with van der Waals surface area (Å²) in [5.74, 6) is -0.276. The van der Waals surface area contributed by atoms with Crippen LogP contribution in [0.25, 0.3) is 10.9 Å². The number of hydrogen-bond acceptors (Lipinski definition) is 4. The summed E-state index contributed by atoms with van der Waals surface area (Å²) < 4.78 is 26.8. The number of carbonyl (C=O) groups excluding carboxylic acids is 1. The fraction of sp³-hybridized carbons (Fsp3) is 0.500. The molecule has 0 spiro atoms. The molecular weight excluding hydrogens is 378 g/mol. The number of aromatic nitrogens is 1. The van der Waals surface area contributed by atoms with E-state index in [0.717, 1.165) is 30.0 Å². The number of rotatable bonds is 5. The number of nitrogens with zero attached hydrogens (tertiary/aromatic N) is 1. The van der Waals surface area contributed by atoms with Gasteiger partial charge < -0.3 is 10.3 Å². The van der Waals surface area contributed by atoms with E-state index in [4.69, 9.17) is 0 Å². The highest BCUT2D eigenvalue weighted by atomic mass is 32.2. The fourth-order valence-corrected chi connectivity index (χ4v) is 4.80. The van der Waals surface area contributed by atoms with E-state index in [1.165, 1.54) is 44.5 Å². The van der Waals surface area contributed by atoms with Crippen molar-refractivity contribution in [1.82, 2.24) is 14.6 Å². The lowest BCUT2D eigenvalue weighted by atomic mass is 9.97. The van der Waals surface area contributed by atoms with Crippen molar-refractivity contribution in [3.8, 4) is 0 Å². The van der Waals surface area contributed by atoms with Crippen LogP contribution in [0.1, 0.15) is 44.9 Å². The quantitative estimate of drug-likeness (QED) is 0.798. The van der Waals surface area contributed by atoms with Crippen molar-refractivity contribution >= 4 is 26.8 Å². The van der Waals surface area contributed by atoms with Crippen LogP contribution in [-0.4, -0.2) is 43.2 Å². The van der Waals surface area contributed by atoms with E-state index >= 15 is 0 Å². The number of H-pyrrole nitrogens is 1. The fourth-order valence-electron chi connectivity index (χ4n) is 3.63. The van der Waals surface area contributed by atoms with Crippen molar-refractivity contribution in [2.75, 3.05) is 13.6 Å². The maximum absolute atomic E-state index is 12.8. The van der Waals surface area contributed by atoms with E-state index in [2.05, 4.69) is 10.3 Å². The number of benzene rings is 1. The average Bonchev–Trinajstić information content (AvgIpc) is 2.63. The number of nitrogens with one attached hydrogen (secondary N) is 2. The van der Waals surface area contributed by atoms with Gasteiger partial charge in [0.25, 0.3) is 0 Å². The van der Waals surface area contributed by atoms with Gasteiger partial charge in [0, 0.05) is 24.7 Å². The van der Waals surface area contributed by atoms with E-state index in [0.29, 0.717) is 10.9 Å². The van der Waals surface area contributed by atoms with Gasteiger partial charge in [-0.15, -0.1) is 0 Å². The Morgan fingerprint density at radius 3 is 2.50 bits per heavy atom.